The molecule has 4 rings (SSSR count). The largest absolute Gasteiger partial charge is 0.331 e. The summed E-state index contributed by atoms with van der Waals surface area (Å²) < 4.78 is 27.8. The normalized spacial score (nSPS) is 14.8. The van der Waals surface area contributed by atoms with Gasteiger partial charge in [-0.25, -0.2) is 13.2 Å². The number of nitrogens with one attached hydrogen (secondary N) is 1. The predicted octanol–water partition coefficient (Wildman–Crippen LogP) is 3.25. The molecule has 0 aliphatic heterocycles. The summed E-state index contributed by atoms with van der Waals surface area (Å²) in [4.78, 5) is 39.2. The highest BCUT2D eigenvalue weighted by molar-refractivity contribution is 7.92. The van der Waals surface area contributed by atoms with Gasteiger partial charge in [-0.1, -0.05) is 49.6 Å². The lowest BCUT2D eigenvalue weighted by Gasteiger charge is -2.21. The summed E-state index contributed by atoms with van der Waals surface area (Å²) in [5.74, 6) is -0.457. The molecule has 1 amide bonds. The molecule has 0 atom stereocenters. The number of rotatable bonds is 8. The van der Waals surface area contributed by atoms with Crippen LogP contribution in [0.5, 0.6) is 0 Å². The van der Waals surface area contributed by atoms with Crippen molar-refractivity contribution in [3.8, 4) is 0 Å². The summed E-state index contributed by atoms with van der Waals surface area (Å²) in [6, 6.07) is 14.0. The Morgan fingerprint density at radius 1 is 0.971 bits per heavy atom. The van der Waals surface area contributed by atoms with Gasteiger partial charge >= 0.3 is 5.69 Å². The highest BCUT2D eigenvalue weighted by atomic mass is 32.2. The fourth-order valence-corrected chi connectivity index (χ4v) is 6.70. The molecule has 1 saturated carbocycles. The summed E-state index contributed by atoms with van der Waals surface area (Å²) in [6.07, 6.45) is 4.44. The summed E-state index contributed by atoms with van der Waals surface area (Å²) in [7, 11) is -3.28. The number of amides is 1. The first-order chi connectivity index (χ1) is 16.8. The van der Waals surface area contributed by atoms with Gasteiger partial charge in [0.15, 0.2) is 9.84 Å². The van der Waals surface area contributed by atoms with Crippen LogP contribution in [-0.4, -0.2) is 34.5 Å². The number of hydrogen-bond donors (Lipinski definition) is 1. The van der Waals surface area contributed by atoms with Crippen LogP contribution >= 0.6 is 0 Å². The lowest BCUT2D eigenvalue weighted by molar-refractivity contribution is -0.116. The fourth-order valence-electron chi connectivity index (χ4n) is 4.78. The van der Waals surface area contributed by atoms with Crippen molar-refractivity contribution >= 4 is 32.3 Å². The predicted molar refractivity (Wildman–Crippen MR) is 138 cm³/mol. The molecule has 35 heavy (non-hydrogen) atoms. The maximum Gasteiger partial charge on any atom is 0.331 e. The molecule has 8 nitrogen and oxygen atoms in total. The Balaban J connectivity index is 1.59. The summed E-state index contributed by atoms with van der Waals surface area (Å²) >= 11 is 0. The van der Waals surface area contributed by atoms with Crippen LogP contribution in [0.4, 0.5) is 5.69 Å². The van der Waals surface area contributed by atoms with Gasteiger partial charge in [-0.2, -0.15) is 0 Å². The monoisotopic (exact) mass is 497 g/mol. The first-order valence-corrected chi connectivity index (χ1v) is 13.8. The number of aryl methyl sites for hydroxylation is 1. The van der Waals surface area contributed by atoms with Crippen molar-refractivity contribution in [2.75, 3.05) is 11.1 Å². The number of fused-ring (bicyclic) bond motifs is 1. The Bertz CT molecular complexity index is 1450. The molecule has 0 unspecified atom stereocenters. The molecule has 0 radical (unpaired) electrons. The van der Waals surface area contributed by atoms with Crippen molar-refractivity contribution in [2.45, 2.75) is 63.8 Å². The van der Waals surface area contributed by atoms with Gasteiger partial charge in [-0.05, 0) is 49.9 Å². The van der Waals surface area contributed by atoms with E-state index in [1.165, 1.54) is 4.57 Å². The number of aromatic nitrogens is 2. The van der Waals surface area contributed by atoms with Gasteiger partial charge in [0.25, 0.3) is 5.56 Å². The number of carbonyl (C=O) groups excluding carboxylic acids is 1. The maximum absolute atomic E-state index is 13.3. The van der Waals surface area contributed by atoms with Crippen molar-refractivity contribution in [3.05, 3.63) is 74.9 Å². The van der Waals surface area contributed by atoms with Crippen molar-refractivity contribution in [2.24, 2.45) is 0 Å². The zero-order valence-electron chi connectivity index (χ0n) is 19.9. The number of para-hydroxylation sites is 2. The van der Waals surface area contributed by atoms with Crippen LogP contribution in [0.25, 0.3) is 10.9 Å². The van der Waals surface area contributed by atoms with Crippen LogP contribution in [0.2, 0.25) is 0 Å². The van der Waals surface area contributed by atoms with Crippen LogP contribution in [0.1, 0.15) is 44.1 Å². The van der Waals surface area contributed by atoms with Gasteiger partial charge in [-0.15, -0.1) is 0 Å². The molecule has 0 saturated heterocycles. The van der Waals surface area contributed by atoms with Gasteiger partial charge in [-0.3, -0.25) is 18.7 Å². The number of carbonyl (C=O) groups is 1. The second-order valence-corrected chi connectivity index (χ2v) is 11.6. The Hall–Kier alpha value is -3.20. The van der Waals surface area contributed by atoms with Crippen LogP contribution in [0.15, 0.2) is 58.1 Å². The van der Waals surface area contributed by atoms with E-state index >= 15 is 0 Å². The molecule has 1 N–H and O–H groups in total. The molecule has 0 bridgehead atoms. The molecule has 3 aromatic rings. The number of anilines is 1. The van der Waals surface area contributed by atoms with Gasteiger partial charge < -0.3 is 5.32 Å². The molecule has 9 heteroatoms. The van der Waals surface area contributed by atoms with Gasteiger partial charge in [0.1, 0.15) is 6.54 Å². The average Bonchev–Trinajstić information content (AvgIpc) is 2.86. The lowest BCUT2D eigenvalue weighted by Crippen LogP contribution is -2.42. The van der Waals surface area contributed by atoms with Crippen LogP contribution < -0.4 is 16.6 Å². The molecular formula is C26H31N3O5S. The van der Waals surface area contributed by atoms with Crippen LogP contribution in [0, 0.1) is 6.92 Å². The first-order valence-electron chi connectivity index (χ1n) is 12.1. The second kappa shape index (κ2) is 10.6. The molecule has 0 spiro atoms. The topological polar surface area (TPSA) is 107 Å². The fraction of sp³-hybridized carbons (Fsp3) is 0.423. The third kappa shape index (κ3) is 5.56. The van der Waals surface area contributed by atoms with E-state index in [2.05, 4.69) is 5.32 Å². The van der Waals surface area contributed by atoms with E-state index in [1.54, 1.807) is 30.3 Å². The second-order valence-electron chi connectivity index (χ2n) is 9.19. The van der Waals surface area contributed by atoms with Gasteiger partial charge in [0, 0.05) is 12.2 Å². The van der Waals surface area contributed by atoms with Crippen molar-refractivity contribution in [1.82, 2.24) is 9.13 Å². The van der Waals surface area contributed by atoms with Crippen LogP contribution in [-0.2, 0) is 27.7 Å². The minimum absolute atomic E-state index is 0.0200. The standard InChI is InChI=1S/C26H31N3O5S/c1-19-10-5-7-14-22(19)27-24(30)18-29-23-15-8-6-13-21(23)25(31)28(26(29)32)16-9-17-35(33,34)20-11-3-2-4-12-20/h5-8,10,13-15,20H,2-4,9,11-12,16-18H2,1H3,(H,27,30). The van der Waals surface area contributed by atoms with Crippen LogP contribution in [0.3, 0.4) is 0 Å². The van der Waals surface area contributed by atoms with Gasteiger partial charge in [0.05, 0.1) is 21.9 Å². The number of hydrogen-bond acceptors (Lipinski definition) is 5. The van der Waals surface area contributed by atoms with E-state index in [0.717, 1.165) is 29.4 Å². The number of nitrogens with zero attached hydrogens (tertiary/aromatic N) is 2. The molecule has 1 aliphatic rings. The van der Waals surface area contributed by atoms with E-state index in [9.17, 15) is 22.8 Å². The third-order valence-corrected chi connectivity index (χ3v) is 9.07. The first kappa shape index (κ1) is 24.9. The number of benzene rings is 2. The summed E-state index contributed by atoms with van der Waals surface area (Å²) in [5.41, 5.74) is 0.812. The van der Waals surface area contributed by atoms with E-state index in [1.807, 2.05) is 25.1 Å². The quantitative estimate of drug-likeness (QED) is 0.514. The Morgan fingerprint density at radius 3 is 2.40 bits per heavy atom. The average molecular weight is 498 g/mol. The van der Waals surface area contributed by atoms with Gasteiger partial charge in [0.2, 0.25) is 5.91 Å². The van der Waals surface area contributed by atoms with E-state index < -0.39 is 27.0 Å². The zero-order valence-corrected chi connectivity index (χ0v) is 20.7. The highest BCUT2D eigenvalue weighted by Gasteiger charge is 2.27. The molecular weight excluding hydrogens is 466 g/mol. The lowest BCUT2D eigenvalue weighted by atomic mass is 10.0. The van der Waals surface area contributed by atoms with Crippen molar-refractivity contribution in [3.63, 3.8) is 0 Å². The summed E-state index contributed by atoms with van der Waals surface area (Å²) in [6.45, 7) is 1.58. The maximum atomic E-state index is 13.3. The SMILES string of the molecule is Cc1ccccc1NC(=O)Cn1c(=O)n(CCCS(=O)(=O)C2CCCCC2)c(=O)c2ccccc21. The molecule has 1 fully saturated rings. The smallest absolute Gasteiger partial charge is 0.324 e. The third-order valence-electron chi connectivity index (χ3n) is 6.72. The van der Waals surface area contributed by atoms with E-state index in [4.69, 9.17) is 0 Å². The number of sulfone groups is 1. The zero-order chi connectivity index (χ0) is 25.0. The van der Waals surface area contributed by atoms with E-state index in [-0.39, 0.29) is 30.5 Å². The summed E-state index contributed by atoms with van der Waals surface area (Å²) in [5, 5.41) is 2.80. The molecule has 186 valence electrons. The minimum atomic E-state index is -3.28. The van der Waals surface area contributed by atoms with Crippen molar-refractivity contribution < 1.29 is 13.2 Å². The molecule has 1 heterocycles. The molecule has 1 aromatic heterocycles. The minimum Gasteiger partial charge on any atom is -0.324 e. The Kier molecular flexibility index (Phi) is 7.54. The van der Waals surface area contributed by atoms with E-state index in [0.29, 0.717) is 29.4 Å². The Morgan fingerprint density at radius 2 is 1.66 bits per heavy atom. The molecule has 2 aromatic carbocycles. The molecule has 1 aliphatic carbocycles. The highest BCUT2D eigenvalue weighted by Crippen LogP contribution is 2.24. The Labute approximate surface area is 204 Å². The van der Waals surface area contributed by atoms with Crippen molar-refractivity contribution in [1.29, 1.82) is 0 Å².